The van der Waals surface area contributed by atoms with E-state index in [1.54, 1.807) is 56.3 Å². The fourth-order valence-corrected chi connectivity index (χ4v) is 5.52. The van der Waals surface area contributed by atoms with Crippen molar-refractivity contribution < 1.29 is 18.0 Å². The van der Waals surface area contributed by atoms with E-state index in [1.165, 1.54) is 4.90 Å². The first-order valence-corrected chi connectivity index (χ1v) is 14.7. The number of anilines is 1. The van der Waals surface area contributed by atoms with E-state index in [1.807, 2.05) is 30.3 Å². The molecule has 0 saturated carbocycles. The van der Waals surface area contributed by atoms with Gasteiger partial charge in [-0.2, -0.15) is 0 Å². The number of hydrogen-bond acceptors (Lipinski definition) is 4. The molecule has 0 spiro atoms. The third-order valence-electron chi connectivity index (χ3n) is 5.97. The average molecular weight is 577 g/mol. The van der Waals surface area contributed by atoms with Gasteiger partial charge in [-0.3, -0.25) is 13.9 Å². The molecule has 1 atom stereocenters. The number of sulfonamides is 1. The van der Waals surface area contributed by atoms with Gasteiger partial charge < -0.3 is 10.2 Å². The second-order valence-corrected chi connectivity index (χ2v) is 11.7. The van der Waals surface area contributed by atoms with Crippen LogP contribution >= 0.6 is 23.2 Å². The molecule has 0 aliphatic carbocycles. The van der Waals surface area contributed by atoms with Crippen molar-refractivity contribution in [3.8, 4) is 0 Å². The maximum Gasteiger partial charge on any atom is 0.244 e. The molecule has 38 heavy (non-hydrogen) atoms. The average Bonchev–Trinajstić information content (AvgIpc) is 2.85. The standard InChI is InChI=1S/C28H31Cl2N3O4S/c1-4-31-28(35)26(17-21-9-6-5-7-10-21)32(18-22-11-8-12-23(29)16-22)27(34)19-33(38(3,36)37)25-14-13-24(30)15-20(25)2/h5-16,26H,4,17-19H2,1-3H3,(H,31,35)/t26-/m0/s1. The van der Waals surface area contributed by atoms with E-state index in [4.69, 9.17) is 23.2 Å². The maximum atomic E-state index is 14.0. The summed E-state index contributed by atoms with van der Waals surface area (Å²) in [5, 5.41) is 3.76. The number of nitrogens with one attached hydrogen (secondary N) is 1. The number of nitrogens with zero attached hydrogens (tertiary/aromatic N) is 2. The highest BCUT2D eigenvalue weighted by atomic mass is 35.5. The highest BCUT2D eigenvalue weighted by Crippen LogP contribution is 2.26. The Bertz CT molecular complexity index is 1380. The Morgan fingerprint density at radius 1 is 0.921 bits per heavy atom. The fraction of sp³-hybridized carbons (Fsp3) is 0.286. The first-order chi connectivity index (χ1) is 18.0. The molecule has 0 radical (unpaired) electrons. The van der Waals surface area contributed by atoms with Crippen LogP contribution in [-0.4, -0.2) is 50.5 Å². The predicted octanol–water partition coefficient (Wildman–Crippen LogP) is 4.84. The van der Waals surface area contributed by atoms with E-state index >= 15 is 0 Å². The van der Waals surface area contributed by atoms with Gasteiger partial charge in [-0.25, -0.2) is 8.42 Å². The second-order valence-electron chi connectivity index (χ2n) is 8.95. The van der Waals surface area contributed by atoms with Gasteiger partial charge in [-0.1, -0.05) is 65.7 Å². The lowest BCUT2D eigenvalue weighted by atomic mass is 10.0. The summed E-state index contributed by atoms with van der Waals surface area (Å²) in [7, 11) is -3.86. The largest absolute Gasteiger partial charge is 0.355 e. The van der Waals surface area contributed by atoms with Gasteiger partial charge in [0.1, 0.15) is 12.6 Å². The van der Waals surface area contributed by atoms with E-state index < -0.39 is 28.5 Å². The molecule has 7 nitrogen and oxygen atoms in total. The van der Waals surface area contributed by atoms with Gasteiger partial charge in [0.05, 0.1) is 11.9 Å². The van der Waals surface area contributed by atoms with Crippen LogP contribution in [0.1, 0.15) is 23.6 Å². The molecular formula is C28H31Cl2N3O4S. The van der Waals surface area contributed by atoms with Gasteiger partial charge in [0.2, 0.25) is 21.8 Å². The highest BCUT2D eigenvalue weighted by molar-refractivity contribution is 7.92. The van der Waals surface area contributed by atoms with E-state index in [-0.39, 0.29) is 18.9 Å². The molecule has 202 valence electrons. The van der Waals surface area contributed by atoms with Crippen LogP contribution in [0.5, 0.6) is 0 Å². The second kappa shape index (κ2) is 13.1. The van der Waals surface area contributed by atoms with Crippen molar-refractivity contribution in [2.75, 3.05) is 23.7 Å². The molecule has 0 bridgehead atoms. The number of hydrogen-bond donors (Lipinski definition) is 1. The van der Waals surface area contributed by atoms with E-state index in [0.717, 1.165) is 16.1 Å². The predicted molar refractivity (Wildman–Crippen MR) is 153 cm³/mol. The third-order valence-corrected chi connectivity index (χ3v) is 7.57. The Morgan fingerprint density at radius 3 is 2.18 bits per heavy atom. The number of carbonyl (C=O) groups excluding carboxylic acids is 2. The first kappa shape index (κ1) is 29.5. The summed E-state index contributed by atoms with van der Waals surface area (Å²) in [6.07, 6.45) is 1.29. The monoisotopic (exact) mass is 575 g/mol. The van der Waals surface area contributed by atoms with Crippen molar-refractivity contribution in [2.45, 2.75) is 32.9 Å². The van der Waals surface area contributed by atoms with Gasteiger partial charge in [0.25, 0.3) is 0 Å². The summed E-state index contributed by atoms with van der Waals surface area (Å²) >= 11 is 12.3. The van der Waals surface area contributed by atoms with Crippen LogP contribution < -0.4 is 9.62 Å². The molecule has 2 amide bonds. The number of rotatable bonds is 11. The molecule has 0 aliphatic rings. The summed E-state index contributed by atoms with van der Waals surface area (Å²) in [4.78, 5) is 28.7. The smallest absolute Gasteiger partial charge is 0.244 e. The lowest BCUT2D eigenvalue weighted by Crippen LogP contribution is -2.53. The topological polar surface area (TPSA) is 86.8 Å². The zero-order valence-electron chi connectivity index (χ0n) is 21.5. The molecule has 0 fully saturated rings. The Labute approximate surface area is 234 Å². The molecular weight excluding hydrogens is 545 g/mol. The Kier molecular flexibility index (Phi) is 10.2. The highest BCUT2D eigenvalue weighted by Gasteiger charge is 2.33. The lowest BCUT2D eigenvalue weighted by Gasteiger charge is -2.33. The zero-order valence-corrected chi connectivity index (χ0v) is 23.9. The summed E-state index contributed by atoms with van der Waals surface area (Å²) in [6.45, 7) is 3.47. The molecule has 10 heteroatoms. The minimum absolute atomic E-state index is 0.0607. The normalized spacial score (nSPS) is 12.0. The molecule has 1 N–H and O–H groups in total. The molecule has 0 aromatic heterocycles. The summed E-state index contributed by atoms with van der Waals surface area (Å²) in [5.74, 6) is -0.864. The maximum absolute atomic E-state index is 14.0. The van der Waals surface area contributed by atoms with Gasteiger partial charge in [-0.05, 0) is 60.9 Å². The molecule has 3 aromatic carbocycles. The van der Waals surface area contributed by atoms with Crippen LogP contribution in [0.4, 0.5) is 5.69 Å². The number of likely N-dealkylation sites (N-methyl/N-ethyl adjacent to an activating group) is 1. The van der Waals surface area contributed by atoms with E-state index in [0.29, 0.717) is 33.4 Å². The zero-order chi connectivity index (χ0) is 27.9. The Balaban J connectivity index is 2.06. The fourth-order valence-electron chi connectivity index (χ4n) is 4.17. The number of amides is 2. The number of halogens is 2. The number of carbonyl (C=O) groups is 2. The van der Waals surface area contributed by atoms with Crippen LogP contribution in [0.25, 0.3) is 0 Å². The van der Waals surface area contributed by atoms with Crippen LogP contribution in [0.2, 0.25) is 10.0 Å². The van der Waals surface area contributed by atoms with Crippen LogP contribution in [-0.2, 0) is 32.6 Å². The van der Waals surface area contributed by atoms with Crippen molar-refractivity contribution >= 4 is 50.7 Å². The summed E-state index contributed by atoms with van der Waals surface area (Å²) < 4.78 is 26.8. The van der Waals surface area contributed by atoms with Crippen LogP contribution in [0, 0.1) is 6.92 Å². The molecule has 3 aromatic rings. The van der Waals surface area contributed by atoms with Gasteiger partial charge in [0.15, 0.2) is 0 Å². The van der Waals surface area contributed by atoms with E-state index in [9.17, 15) is 18.0 Å². The van der Waals surface area contributed by atoms with Gasteiger partial charge in [0, 0.05) is 29.6 Å². The van der Waals surface area contributed by atoms with E-state index in [2.05, 4.69) is 5.32 Å². The quantitative estimate of drug-likeness (QED) is 0.354. The SMILES string of the molecule is CCNC(=O)[C@H](Cc1ccccc1)N(Cc1cccc(Cl)c1)C(=O)CN(c1ccc(Cl)cc1C)S(C)(=O)=O. The van der Waals surface area contributed by atoms with Gasteiger partial charge >= 0.3 is 0 Å². The number of benzene rings is 3. The molecule has 0 unspecified atom stereocenters. The number of aryl methyl sites for hydroxylation is 1. The molecule has 0 heterocycles. The minimum Gasteiger partial charge on any atom is -0.355 e. The van der Waals surface area contributed by atoms with Gasteiger partial charge in [-0.15, -0.1) is 0 Å². The Morgan fingerprint density at radius 2 is 1.58 bits per heavy atom. The third kappa shape index (κ3) is 7.96. The molecule has 0 aliphatic heterocycles. The van der Waals surface area contributed by atoms with Crippen molar-refractivity contribution in [3.63, 3.8) is 0 Å². The first-order valence-electron chi connectivity index (χ1n) is 12.1. The summed E-state index contributed by atoms with van der Waals surface area (Å²) in [6, 6.07) is 20.3. The molecule has 0 saturated heterocycles. The van der Waals surface area contributed by atoms with Crippen molar-refractivity contribution in [2.24, 2.45) is 0 Å². The van der Waals surface area contributed by atoms with Crippen molar-refractivity contribution in [3.05, 3.63) is 99.5 Å². The van der Waals surface area contributed by atoms with Crippen molar-refractivity contribution in [1.82, 2.24) is 10.2 Å². The lowest BCUT2D eigenvalue weighted by molar-refractivity contribution is -0.140. The van der Waals surface area contributed by atoms with Crippen LogP contribution in [0.15, 0.2) is 72.8 Å². The van der Waals surface area contributed by atoms with Crippen LogP contribution in [0.3, 0.4) is 0 Å². The Hall–Kier alpha value is -3.07. The molecule has 3 rings (SSSR count). The minimum atomic E-state index is -3.86. The summed E-state index contributed by atoms with van der Waals surface area (Å²) in [5.41, 5.74) is 2.51. The van der Waals surface area contributed by atoms with Crippen molar-refractivity contribution in [1.29, 1.82) is 0 Å².